The number of hydrogen-bond acceptors (Lipinski definition) is 4. The van der Waals surface area contributed by atoms with Crippen molar-refractivity contribution in [3.8, 4) is 17.2 Å². The number of nitrogens with zero attached hydrogens (tertiary/aromatic N) is 2. The van der Waals surface area contributed by atoms with Crippen LogP contribution in [-0.2, 0) is 4.74 Å². The van der Waals surface area contributed by atoms with E-state index in [1.807, 2.05) is 18.2 Å². The third kappa shape index (κ3) is 6.17. The van der Waals surface area contributed by atoms with Crippen LogP contribution >= 0.6 is 11.6 Å². The van der Waals surface area contributed by atoms with Crippen LogP contribution in [0.1, 0.15) is 29.9 Å². The third-order valence-electron chi connectivity index (χ3n) is 6.48. The summed E-state index contributed by atoms with van der Waals surface area (Å²) in [6.07, 6.45) is 1.66. The summed E-state index contributed by atoms with van der Waals surface area (Å²) in [5.41, 5.74) is 4.53. The van der Waals surface area contributed by atoms with Crippen LogP contribution in [0.4, 0.5) is 10.5 Å². The van der Waals surface area contributed by atoms with E-state index < -0.39 is 6.09 Å². The smallest absolute Gasteiger partial charge is 0.411 e. The van der Waals surface area contributed by atoms with E-state index in [0.717, 1.165) is 42.6 Å². The molecular weight excluding hydrogens is 446 g/mol. The quantitative estimate of drug-likeness (QED) is 0.440. The minimum absolute atomic E-state index is 0.115. The molecule has 1 aliphatic rings. The Morgan fingerprint density at radius 3 is 2.47 bits per heavy atom. The number of likely N-dealkylation sites (tertiary alicyclic amines) is 1. The predicted octanol–water partition coefficient (Wildman–Crippen LogP) is 6.55. The first-order chi connectivity index (χ1) is 16.5. The summed E-state index contributed by atoms with van der Waals surface area (Å²) in [6, 6.07) is 25.2. The largest absolute Gasteiger partial charge is 0.449 e. The van der Waals surface area contributed by atoms with Crippen LogP contribution < -0.4 is 5.32 Å². The number of carbonyl (C=O) groups is 1. The highest BCUT2D eigenvalue weighted by molar-refractivity contribution is 6.30. The number of hydrogen-bond donors (Lipinski definition) is 1. The number of anilines is 1. The van der Waals surface area contributed by atoms with Crippen molar-refractivity contribution < 1.29 is 9.53 Å². The van der Waals surface area contributed by atoms with Crippen molar-refractivity contribution in [1.29, 1.82) is 5.26 Å². The summed E-state index contributed by atoms with van der Waals surface area (Å²) in [7, 11) is 2.14. The summed E-state index contributed by atoms with van der Waals surface area (Å²) in [6.45, 7) is 2.39. The number of amides is 1. The first-order valence-electron chi connectivity index (χ1n) is 11.5. The number of benzene rings is 3. The molecule has 0 radical (unpaired) electrons. The van der Waals surface area contributed by atoms with Crippen LogP contribution in [0, 0.1) is 17.2 Å². The molecule has 0 aliphatic carbocycles. The van der Waals surface area contributed by atoms with E-state index in [1.165, 1.54) is 0 Å². The maximum atomic E-state index is 12.5. The topological polar surface area (TPSA) is 65.4 Å². The Bertz CT molecular complexity index is 1150. The zero-order valence-corrected chi connectivity index (χ0v) is 20.0. The summed E-state index contributed by atoms with van der Waals surface area (Å²) < 4.78 is 5.69. The van der Waals surface area contributed by atoms with Crippen LogP contribution in [0.15, 0.2) is 72.8 Å². The molecule has 3 aromatic carbocycles. The molecule has 1 heterocycles. The Hall–Kier alpha value is -3.33. The summed E-state index contributed by atoms with van der Waals surface area (Å²) in [5.74, 6) is 0.552. The second-order valence-corrected chi connectivity index (χ2v) is 9.23. The van der Waals surface area contributed by atoms with Crippen molar-refractivity contribution in [3.05, 3.63) is 88.9 Å². The van der Waals surface area contributed by atoms with E-state index >= 15 is 0 Å². The van der Waals surface area contributed by atoms with Gasteiger partial charge in [0.15, 0.2) is 0 Å². The standard InChI is InChI=1S/C28H28ClN3O2/c1-32-15-13-23(14-16-32)27(19-34-28(33)31-26-11-9-25(29)10-12-26)22-7-5-21(6-8-22)24-4-2-3-20(17-24)18-30/h2-12,17,23,27H,13-16,19H2,1H3,(H,31,33). The van der Waals surface area contributed by atoms with Gasteiger partial charge in [0.05, 0.1) is 11.6 Å². The minimum atomic E-state index is -0.467. The molecular formula is C28H28ClN3O2. The van der Waals surface area contributed by atoms with Crippen molar-refractivity contribution in [1.82, 2.24) is 4.90 Å². The Morgan fingerprint density at radius 2 is 1.79 bits per heavy atom. The van der Waals surface area contributed by atoms with E-state index in [1.54, 1.807) is 30.3 Å². The number of halogens is 1. The van der Waals surface area contributed by atoms with Gasteiger partial charge in [0, 0.05) is 16.6 Å². The molecule has 0 aromatic heterocycles. The normalized spacial score (nSPS) is 15.3. The highest BCUT2D eigenvalue weighted by Crippen LogP contribution is 2.34. The average Bonchev–Trinajstić information content (AvgIpc) is 2.87. The van der Waals surface area contributed by atoms with Crippen molar-refractivity contribution in [2.75, 3.05) is 32.1 Å². The van der Waals surface area contributed by atoms with Crippen LogP contribution in [-0.4, -0.2) is 37.7 Å². The molecule has 174 valence electrons. The first kappa shape index (κ1) is 23.8. The molecule has 1 aliphatic heterocycles. The lowest BCUT2D eigenvalue weighted by molar-refractivity contribution is 0.123. The molecule has 34 heavy (non-hydrogen) atoms. The average molecular weight is 474 g/mol. The van der Waals surface area contributed by atoms with Crippen molar-refractivity contribution in [2.45, 2.75) is 18.8 Å². The molecule has 1 unspecified atom stereocenters. The predicted molar refractivity (Wildman–Crippen MR) is 136 cm³/mol. The van der Waals surface area contributed by atoms with E-state index in [0.29, 0.717) is 28.8 Å². The van der Waals surface area contributed by atoms with E-state index in [2.05, 4.69) is 47.6 Å². The lowest BCUT2D eigenvalue weighted by Gasteiger charge is -2.34. The Balaban J connectivity index is 1.48. The SMILES string of the molecule is CN1CCC(C(COC(=O)Nc2ccc(Cl)cc2)c2ccc(-c3cccc(C#N)c3)cc2)CC1. The lowest BCUT2D eigenvalue weighted by Crippen LogP contribution is -2.34. The number of ether oxygens (including phenoxy) is 1. The Morgan fingerprint density at radius 1 is 1.09 bits per heavy atom. The second kappa shape index (κ2) is 11.2. The molecule has 1 atom stereocenters. The number of piperidine rings is 1. The number of carbonyl (C=O) groups excluding carboxylic acids is 1. The van der Waals surface area contributed by atoms with Gasteiger partial charge >= 0.3 is 6.09 Å². The molecule has 1 N–H and O–H groups in total. The number of nitrogens with one attached hydrogen (secondary N) is 1. The molecule has 6 heteroatoms. The molecule has 0 spiro atoms. The van der Waals surface area contributed by atoms with Gasteiger partial charge in [0.25, 0.3) is 0 Å². The highest BCUT2D eigenvalue weighted by Gasteiger charge is 2.28. The van der Waals surface area contributed by atoms with Crippen molar-refractivity contribution in [3.63, 3.8) is 0 Å². The zero-order chi connectivity index (χ0) is 23.9. The first-order valence-corrected chi connectivity index (χ1v) is 11.9. The maximum absolute atomic E-state index is 12.5. The van der Waals surface area contributed by atoms with Crippen LogP contribution in [0.25, 0.3) is 11.1 Å². The van der Waals surface area contributed by atoms with Gasteiger partial charge in [-0.25, -0.2) is 4.79 Å². The van der Waals surface area contributed by atoms with E-state index in [-0.39, 0.29) is 5.92 Å². The minimum Gasteiger partial charge on any atom is -0.449 e. The lowest BCUT2D eigenvalue weighted by atomic mass is 9.80. The Labute approximate surface area is 205 Å². The molecule has 4 rings (SSSR count). The van der Waals surface area contributed by atoms with E-state index in [9.17, 15) is 10.1 Å². The third-order valence-corrected chi connectivity index (χ3v) is 6.73. The molecule has 5 nitrogen and oxygen atoms in total. The monoisotopic (exact) mass is 473 g/mol. The van der Waals surface area contributed by atoms with Gasteiger partial charge in [-0.1, -0.05) is 48.0 Å². The van der Waals surface area contributed by atoms with Crippen molar-refractivity contribution >= 4 is 23.4 Å². The van der Waals surface area contributed by atoms with Gasteiger partial charge in [0.1, 0.15) is 6.61 Å². The van der Waals surface area contributed by atoms with Gasteiger partial charge in [-0.2, -0.15) is 5.26 Å². The van der Waals surface area contributed by atoms with Gasteiger partial charge < -0.3 is 9.64 Å². The van der Waals surface area contributed by atoms with Crippen LogP contribution in [0.3, 0.4) is 0 Å². The van der Waals surface area contributed by atoms with Gasteiger partial charge in [0.2, 0.25) is 0 Å². The molecule has 1 saturated heterocycles. The highest BCUT2D eigenvalue weighted by atomic mass is 35.5. The number of nitriles is 1. The molecule has 3 aromatic rings. The summed E-state index contributed by atoms with van der Waals surface area (Å²) >= 11 is 5.92. The van der Waals surface area contributed by atoms with Crippen LogP contribution in [0.5, 0.6) is 0 Å². The van der Waals surface area contributed by atoms with Gasteiger partial charge in [-0.05, 0) is 92.0 Å². The maximum Gasteiger partial charge on any atom is 0.411 e. The van der Waals surface area contributed by atoms with E-state index in [4.69, 9.17) is 16.3 Å². The van der Waals surface area contributed by atoms with Gasteiger partial charge in [-0.15, -0.1) is 0 Å². The fourth-order valence-electron chi connectivity index (χ4n) is 4.48. The molecule has 1 fully saturated rings. The fraction of sp³-hybridized carbons (Fsp3) is 0.286. The molecule has 0 saturated carbocycles. The van der Waals surface area contributed by atoms with Gasteiger partial charge in [-0.3, -0.25) is 5.32 Å². The Kier molecular flexibility index (Phi) is 7.84. The summed E-state index contributed by atoms with van der Waals surface area (Å²) in [5, 5.41) is 12.6. The van der Waals surface area contributed by atoms with Crippen LogP contribution in [0.2, 0.25) is 5.02 Å². The molecule has 0 bridgehead atoms. The summed E-state index contributed by atoms with van der Waals surface area (Å²) in [4.78, 5) is 14.8. The molecule has 1 amide bonds. The fourth-order valence-corrected chi connectivity index (χ4v) is 4.61. The number of rotatable bonds is 6. The zero-order valence-electron chi connectivity index (χ0n) is 19.2. The van der Waals surface area contributed by atoms with Crippen molar-refractivity contribution in [2.24, 2.45) is 5.92 Å². The second-order valence-electron chi connectivity index (χ2n) is 8.79.